The van der Waals surface area contributed by atoms with Gasteiger partial charge in [-0.05, 0) is 0 Å². The van der Waals surface area contributed by atoms with Crippen LogP contribution < -0.4 is 5.32 Å². The van der Waals surface area contributed by atoms with Gasteiger partial charge in [-0.2, -0.15) is 0 Å². The van der Waals surface area contributed by atoms with Gasteiger partial charge in [0, 0.05) is 25.9 Å². The molecule has 0 aliphatic carbocycles. The van der Waals surface area contributed by atoms with Crippen molar-refractivity contribution in [2.45, 2.75) is 63.4 Å². The zero-order valence-corrected chi connectivity index (χ0v) is 14.7. The third-order valence-corrected chi connectivity index (χ3v) is 4.62. The molecule has 1 fully saturated rings. The predicted octanol–water partition coefficient (Wildman–Crippen LogP) is -2.19. The number of aliphatic hydroxyl groups is 4. The van der Waals surface area contributed by atoms with Gasteiger partial charge in [-0.25, -0.2) is 4.79 Å². The van der Waals surface area contributed by atoms with Crippen molar-refractivity contribution in [2.75, 3.05) is 13.7 Å². The average Bonchev–Trinajstić information content (AvgIpc) is 2.61. The summed E-state index contributed by atoms with van der Waals surface area (Å²) in [7, 11) is 1.07. The van der Waals surface area contributed by atoms with Crippen LogP contribution in [0.15, 0.2) is 0 Å². The van der Waals surface area contributed by atoms with Crippen molar-refractivity contribution in [2.24, 2.45) is 5.41 Å². The second-order valence-electron chi connectivity index (χ2n) is 6.81. The minimum Gasteiger partial charge on any atom is -0.477 e. The maximum atomic E-state index is 11.7. The fraction of sp³-hybridized carbons (Fsp3) is 0.867. The number of aliphatic carboxylic acids is 1. The Balaban J connectivity index is 3.46. The van der Waals surface area contributed by atoms with Crippen LogP contribution in [0.25, 0.3) is 0 Å². The van der Waals surface area contributed by atoms with E-state index in [-0.39, 0.29) is 0 Å². The molecule has 0 radical (unpaired) electrons. The van der Waals surface area contributed by atoms with Crippen molar-refractivity contribution in [3.8, 4) is 0 Å². The van der Waals surface area contributed by atoms with Gasteiger partial charge in [0.1, 0.15) is 12.2 Å². The Bertz CT molecular complexity index is 497. The van der Waals surface area contributed by atoms with Crippen molar-refractivity contribution >= 4 is 11.9 Å². The Kier molecular flexibility index (Phi) is 6.90. The number of carbonyl (C=O) groups excluding carboxylic acids is 1. The van der Waals surface area contributed by atoms with Crippen molar-refractivity contribution < 1.29 is 44.6 Å². The van der Waals surface area contributed by atoms with E-state index >= 15 is 0 Å². The highest BCUT2D eigenvalue weighted by Crippen LogP contribution is 2.41. The smallest absolute Gasteiger partial charge is 0.364 e. The molecular formula is C15H27NO9. The molecule has 1 amide bonds. The van der Waals surface area contributed by atoms with E-state index in [1.807, 2.05) is 0 Å². The Labute approximate surface area is 145 Å². The summed E-state index contributed by atoms with van der Waals surface area (Å²) in [6.45, 7) is 3.49. The van der Waals surface area contributed by atoms with Gasteiger partial charge < -0.3 is 40.3 Å². The topological polar surface area (TPSA) is 166 Å². The van der Waals surface area contributed by atoms with Crippen LogP contribution >= 0.6 is 0 Å². The molecular weight excluding hydrogens is 338 g/mol. The second-order valence-corrected chi connectivity index (χ2v) is 6.81. The molecule has 0 aromatic heterocycles. The number of hydrogen-bond donors (Lipinski definition) is 6. The summed E-state index contributed by atoms with van der Waals surface area (Å²) >= 11 is 0. The number of methoxy groups -OCH3 is 1. The van der Waals surface area contributed by atoms with E-state index in [0.29, 0.717) is 0 Å². The normalized spacial score (nSPS) is 34.6. The van der Waals surface area contributed by atoms with Crippen LogP contribution in [0, 0.1) is 5.41 Å². The molecule has 0 bridgehead atoms. The summed E-state index contributed by atoms with van der Waals surface area (Å²) in [5.41, 5.74) is -1.23. The molecule has 146 valence electrons. The molecule has 0 saturated carbocycles. The highest BCUT2D eigenvalue weighted by molar-refractivity contribution is 5.76. The number of hydrogen-bond acceptors (Lipinski definition) is 8. The first-order chi connectivity index (χ1) is 11.4. The number of carboxylic acid groups (broad SMARTS) is 1. The van der Waals surface area contributed by atoms with E-state index in [0.717, 1.165) is 7.11 Å². The number of carboxylic acids is 1. The van der Waals surface area contributed by atoms with Crippen LogP contribution in [-0.4, -0.2) is 87.4 Å². The number of rotatable bonds is 6. The van der Waals surface area contributed by atoms with Gasteiger partial charge >= 0.3 is 5.97 Å². The van der Waals surface area contributed by atoms with E-state index in [2.05, 4.69) is 5.32 Å². The largest absolute Gasteiger partial charge is 0.477 e. The number of nitrogens with one attached hydrogen (secondary N) is 1. The fourth-order valence-electron chi connectivity index (χ4n) is 3.15. The van der Waals surface area contributed by atoms with Gasteiger partial charge in [-0.15, -0.1) is 0 Å². The van der Waals surface area contributed by atoms with E-state index < -0.39 is 66.6 Å². The molecule has 0 spiro atoms. The summed E-state index contributed by atoms with van der Waals surface area (Å²) in [4.78, 5) is 23.2. The van der Waals surface area contributed by atoms with Crippen molar-refractivity contribution in [1.82, 2.24) is 5.32 Å². The number of aliphatic hydroxyl groups excluding tert-OH is 4. The summed E-state index contributed by atoms with van der Waals surface area (Å²) in [6, 6.07) is -1.01. The van der Waals surface area contributed by atoms with E-state index in [1.165, 1.54) is 20.8 Å². The van der Waals surface area contributed by atoms with Crippen LogP contribution in [0.3, 0.4) is 0 Å². The SMILES string of the molecule is COC1(C(=O)O)CC(O)C(NC(C)=O)C(C)(C)C(C(O)C(O)CO)O1. The zero-order valence-electron chi connectivity index (χ0n) is 14.7. The summed E-state index contributed by atoms with van der Waals surface area (Å²) < 4.78 is 10.5. The van der Waals surface area contributed by atoms with Gasteiger partial charge in [-0.3, -0.25) is 4.79 Å². The summed E-state index contributed by atoms with van der Waals surface area (Å²) in [5, 5.41) is 51.8. The lowest BCUT2D eigenvalue weighted by Crippen LogP contribution is -2.59. The molecule has 10 nitrogen and oxygen atoms in total. The first-order valence-electron chi connectivity index (χ1n) is 7.81. The molecule has 10 heteroatoms. The third kappa shape index (κ3) is 4.27. The quantitative estimate of drug-likeness (QED) is 0.306. The lowest BCUT2D eigenvalue weighted by atomic mass is 9.73. The molecule has 1 heterocycles. The molecule has 1 aliphatic heterocycles. The van der Waals surface area contributed by atoms with Gasteiger partial charge in [0.05, 0.1) is 24.9 Å². The minimum atomic E-state index is -2.30. The number of ether oxygens (including phenoxy) is 2. The summed E-state index contributed by atoms with van der Waals surface area (Å²) in [6.07, 6.45) is -6.61. The first-order valence-corrected chi connectivity index (χ1v) is 7.81. The molecule has 6 N–H and O–H groups in total. The zero-order chi connectivity index (χ0) is 19.6. The monoisotopic (exact) mass is 365 g/mol. The van der Waals surface area contributed by atoms with Crippen LogP contribution in [0.1, 0.15) is 27.2 Å². The number of amides is 1. The number of carbonyl (C=O) groups is 2. The van der Waals surface area contributed by atoms with Gasteiger partial charge in [0.25, 0.3) is 5.79 Å². The van der Waals surface area contributed by atoms with Crippen LogP contribution in [0.2, 0.25) is 0 Å². The summed E-state index contributed by atoms with van der Waals surface area (Å²) in [5.74, 6) is -4.32. The van der Waals surface area contributed by atoms with Crippen LogP contribution in [-0.2, 0) is 19.1 Å². The highest BCUT2D eigenvalue weighted by atomic mass is 16.7. The molecule has 1 saturated heterocycles. The lowest BCUT2D eigenvalue weighted by molar-refractivity contribution is -0.280. The highest BCUT2D eigenvalue weighted by Gasteiger charge is 2.58. The predicted molar refractivity (Wildman–Crippen MR) is 83.4 cm³/mol. The molecule has 6 unspecified atom stereocenters. The van der Waals surface area contributed by atoms with E-state index in [9.17, 15) is 30.0 Å². The molecule has 6 atom stereocenters. The molecule has 0 aromatic carbocycles. The van der Waals surface area contributed by atoms with Crippen molar-refractivity contribution in [3.63, 3.8) is 0 Å². The lowest BCUT2D eigenvalue weighted by Gasteiger charge is -2.43. The molecule has 25 heavy (non-hydrogen) atoms. The molecule has 1 aliphatic rings. The second kappa shape index (κ2) is 7.94. The first kappa shape index (κ1) is 21.7. The Hall–Kier alpha value is -1.30. The Morgan fingerprint density at radius 2 is 1.92 bits per heavy atom. The molecule has 0 aromatic rings. The average molecular weight is 365 g/mol. The Morgan fingerprint density at radius 1 is 1.36 bits per heavy atom. The van der Waals surface area contributed by atoms with Gasteiger partial charge in [-0.1, -0.05) is 13.8 Å². The molecule has 1 rings (SSSR count). The van der Waals surface area contributed by atoms with E-state index in [4.69, 9.17) is 14.6 Å². The maximum Gasteiger partial charge on any atom is 0.364 e. The standard InChI is InChI=1S/C15H27NO9/c1-7(18)16-11-8(19)5-15(24-4,13(22)23)25-12(14(11,2)3)10(21)9(20)6-17/h8-12,17,19-21H,5-6H2,1-4H3,(H,16,18)(H,22,23). The minimum absolute atomic E-state index is 0.478. The maximum absolute atomic E-state index is 11.7. The third-order valence-electron chi connectivity index (χ3n) is 4.62. The van der Waals surface area contributed by atoms with Gasteiger partial charge in [0.15, 0.2) is 0 Å². The van der Waals surface area contributed by atoms with Crippen molar-refractivity contribution in [3.05, 3.63) is 0 Å². The fourth-order valence-corrected chi connectivity index (χ4v) is 3.15. The van der Waals surface area contributed by atoms with Gasteiger partial charge in [0.2, 0.25) is 5.91 Å². The van der Waals surface area contributed by atoms with Crippen LogP contribution in [0.5, 0.6) is 0 Å². The van der Waals surface area contributed by atoms with Crippen molar-refractivity contribution in [1.29, 1.82) is 0 Å². The van der Waals surface area contributed by atoms with Crippen LogP contribution in [0.4, 0.5) is 0 Å². The Morgan fingerprint density at radius 3 is 2.32 bits per heavy atom. The van der Waals surface area contributed by atoms with E-state index in [1.54, 1.807) is 0 Å².